The van der Waals surface area contributed by atoms with Gasteiger partial charge in [-0.15, -0.1) is 0 Å². The molecule has 2 aromatic rings. The molecule has 164 valence electrons. The van der Waals surface area contributed by atoms with Crippen LogP contribution in [-0.4, -0.2) is 57.6 Å². The fraction of sp³-hybridized carbons (Fsp3) is 0.400. The fourth-order valence-corrected chi connectivity index (χ4v) is 3.99. The zero-order valence-corrected chi connectivity index (χ0v) is 16.7. The normalized spacial score (nSPS) is 18.6. The largest absolute Gasteiger partial charge is 0.506 e. The number of aromatic carboxylic acids is 1. The number of hydrogen-bond acceptors (Lipinski definition) is 7. The van der Waals surface area contributed by atoms with Crippen LogP contribution in [0.2, 0.25) is 0 Å². The number of phenols is 1. The Labute approximate surface area is 176 Å². The molecule has 1 aromatic heterocycles. The van der Waals surface area contributed by atoms with E-state index in [9.17, 15) is 23.5 Å². The molecule has 3 N–H and O–H groups in total. The molecule has 0 bridgehead atoms. The number of anilines is 4. The summed E-state index contributed by atoms with van der Waals surface area (Å²) in [5.41, 5.74) is 0.228. The number of nitrogens with one attached hydrogen (secondary N) is 1. The van der Waals surface area contributed by atoms with Gasteiger partial charge in [0.15, 0.2) is 5.82 Å². The Bertz CT molecular complexity index is 1040. The second kappa shape index (κ2) is 7.64. The van der Waals surface area contributed by atoms with E-state index in [1.165, 1.54) is 30.3 Å². The first-order valence-corrected chi connectivity index (χ1v) is 9.80. The average molecular weight is 433 g/mol. The quantitative estimate of drug-likeness (QED) is 0.630. The van der Waals surface area contributed by atoms with Crippen LogP contribution >= 0.6 is 0 Å². The first-order valence-electron chi connectivity index (χ1n) is 9.80. The number of alkyl halides is 2. The predicted molar refractivity (Wildman–Crippen MR) is 108 cm³/mol. The van der Waals surface area contributed by atoms with Crippen molar-refractivity contribution < 1.29 is 28.6 Å². The average Bonchev–Trinajstić information content (AvgIpc) is 3.24. The Kier molecular flexibility index (Phi) is 5.11. The van der Waals surface area contributed by atoms with E-state index in [2.05, 4.69) is 15.3 Å². The predicted octanol–water partition coefficient (Wildman–Crippen LogP) is 2.98. The maximum Gasteiger partial charge on any atom is 0.342 e. The van der Waals surface area contributed by atoms with Crippen molar-refractivity contribution in [2.75, 3.05) is 28.7 Å². The lowest BCUT2D eigenvalue weighted by Crippen LogP contribution is -2.48. The van der Waals surface area contributed by atoms with Gasteiger partial charge in [-0.1, -0.05) is 12.8 Å². The molecule has 4 rings (SSSR count). The summed E-state index contributed by atoms with van der Waals surface area (Å²) in [5, 5.41) is 21.9. The van der Waals surface area contributed by atoms with Crippen LogP contribution in [-0.2, 0) is 4.79 Å². The number of amides is 1. The number of nitrogens with zero attached hydrogens (tertiary/aromatic N) is 4. The van der Waals surface area contributed by atoms with E-state index in [4.69, 9.17) is 5.11 Å². The SMILES string of the molecule is CN1C(=O)C(F)(F)CN(C2CCCC2)c2nc(Nc3ccc(C(=O)O)cc3O)ncc21. The Hall–Kier alpha value is -3.50. The summed E-state index contributed by atoms with van der Waals surface area (Å²) >= 11 is 0. The second-order valence-electron chi connectivity index (χ2n) is 7.70. The highest BCUT2D eigenvalue weighted by Crippen LogP contribution is 2.40. The van der Waals surface area contributed by atoms with Gasteiger partial charge in [-0.05, 0) is 31.0 Å². The number of phenolic OH excluding ortho intramolecular Hbond substituents is 1. The van der Waals surface area contributed by atoms with E-state index in [0.29, 0.717) is 0 Å². The molecule has 2 heterocycles. The number of benzene rings is 1. The van der Waals surface area contributed by atoms with Crippen LogP contribution < -0.4 is 15.1 Å². The summed E-state index contributed by atoms with van der Waals surface area (Å²) < 4.78 is 29.2. The van der Waals surface area contributed by atoms with Gasteiger partial charge in [0.2, 0.25) is 5.95 Å². The van der Waals surface area contributed by atoms with Crippen LogP contribution in [0.3, 0.4) is 0 Å². The lowest BCUT2D eigenvalue weighted by atomic mass is 10.2. The molecule has 1 saturated carbocycles. The summed E-state index contributed by atoms with van der Waals surface area (Å²) in [6.07, 6.45) is 4.54. The van der Waals surface area contributed by atoms with Crippen molar-refractivity contribution in [3.63, 3.8) is 0 Å². The number of hydrogen-bond donors (Lipinski definition) is 3. The summed E-state index contributed by atoms with van der Waals surface area (Å²) in [7, 11) is 1.26. The van der Waals surface area contributed by atoms with Gasteiger partial charge in [0, 0.05) is 13.1 Å². The summed E-state index contributed by atoms with van der Waals surface area (Å²) in [6, 6.07) is 3.55. The van der Waals surface area contributed by atoms with Crippen molar-refractivity contribution in [3.05, 3.63) is 30.0 Å². The maximum atomic E-state index is 14.6. The molecule has 0 atom stereocenters. The highest BCUT2D eigenvalue weighted by atomic mass is 19.3. The van der Waals surface area contributed by atoms with Crippen molar-refractivity contribution >= 4 is 35.0 Å². The zero-order chi connectivity index (χ0) is 22.3. The van der Waals surface area contributed by atoms with E-state index >= 15 is 0 Å². The molecular weight excluding hydrogens is 412 g/mol. The number of aromatic nitrogens is 2. The number of rotatable bonds is 4. The minimum Gasteiger partial charge on any atom is -0.506 e. The van der Waals surface area contributed by atoms with Crippen molar-refractivity contribution in [1.29, 1.82) is 0 Å². The monoisotopic (exact) mass is 433 g/mol. The fourth-order valence-electron chi connectivity index (χ4n) is 3.99. The Morgan fingerprint density at radius 1 is 1.29 bits per heavy atom. The van der Waals surface area contributed by atoms with E-state index in [1.54, 1.807) is 0 Å². The summed E-state index contributed by atoms with van der Waals surface area (Å²) in [5.74, 6) is -6.18. The molecule has 1 aromatic carbocycles. The first-order chi connectivity index (χ1) is 14.7. The molecule has 1 aliphatic carbocycles. The van der Waals surface area contributed by atoms with E-state index in [1.807, 2.05) is 0 Å². The molecule has 2 aliphatic rings. The van der Waals surface area contributed by atoms with Gasteiger partial charge in [0.25, 0.3) is 5.91 Å². The zero-order valence-electron chi connectivity index (χ0n) is 16.7. The van der Waals surface area contributed by atoms with Crippen LogP contribution in [0.5, 0.6) is 5.75 Å². The molecule has 11 heteroatoms. The molecule has 1 amide bonds. The highest BCUT2D eigenvalue weighted by Gasteiger charge is 2.48. The Morgan fingerprint density at radius 3 is 2.65 bits per heavy atom. The standard InChI is InChI=1S/C20H21F2N5O4/c1-26-14-9-23-19(24-13-7-6-11(17(29)30)8-15(13)28)25-16(14)27(12-4-2-3-5-12)10-20(21,22)18(26)31/h6-9,12,28H,2-5,10H2,1H3,(H,29,30)(H,23,24,25). The molecule has 0 radical (unpaired) electrons. The van der Waals surface area contributed by atoms with Crippen molar-refractivity contribution in [1.82, 2.24) is 9.97 Å². The Morgan fingerprint density at radius 2 is 2.00 bits per heavy atom. The number of carboxylic acids is 1. The first kappa shape index (κ1) is 20.8. The molecule has 1 aliphatic heterocycles. The minimum absolute atomic E-state index is 0.0196. The molecule has 0 unspecified atom stereocenters. The molecule has 9 nitrogen and oxygen atoms in total. The number of carboxylic acid groups (broad SMARTS) is 1. The third-order valence-corrected chi connectivity index (χ3v) is 5.63. The van der Waals surface area contributed by atoms with Crippen molar-refractivity contribution in [2.45, 2.75) is 37.6 Å². The summed E-state index contributed by atoms with van der Waals surface area (Å²) in [6.45, 7) is -0.775. The number of aromatic hydroxyl groups is 1. The molecule has 0 spiro atoms. The van der Waals surface area contributed by atoms with Crippen LogP contribution in [0.4, 0.5) is 31.9 Å². The van der Waals surface area contributed by atoms with Crippen molar-refractivity contribution in [3.8, 4) is 5.75 Å². The highest BCUT2D eigenvalue weighted by molar-refractivity contribution is 6.02. The van der Waals surface area contributed by atoms with Crippen LogP contribution in [0.25, 0.3) is 0 Å². The third-order valence-electron chi connectivity index (χ3n) is 5.63. The lowest BCUT2D eigenvalue weighted by molar-refractivity contribution is -0.140. The van der Waals surface area contributed by atoms with Crippen LogP contribution in [0.15, 0.2) is 24.4 Å². The second-order valence-corrected chi connectivity index (χ2v) is 7.70. The van der Waals surface area contributed by atoms with Gasteiger partial charge in [0.05, 0.1) is 24.0 Å². The maximum absolute atomic E-state index is 14.6. The Balaban J connectivity index is 1.73. The molecule has 0 saturated heterocycles. The van der Waals surface area contributed by atoms with Crippen LogP contribution in [0.1, 0.15) is 36.0 Å². The van der Waals surface area contributed by atoms with Gasteiger partial charge in [0.1, 0.15) is 11.4 Å². The van der Waals surface area contributed by atoms with Gasteiger partial charge in [-0.3, -0.25) is 4.79 Å². The van der Waals surface area contributed by atoms with E-state index < -0.39 is 24.3 Å². The number of carbonyl (C=O) groups excluding carboxylic acids is 1. The topological polar surface area (TPSA) is 119 Å². The minimum atomic E-state index is -3.57. The lowest BCUT2D eigenvalue weighted by Gasteiger charge is -2.31. The third kappa shape index (κ3) is 3.82. The number of carbonyl (C=O) groups is 2. The molecule has 31 heavy (non-hydrogen) atoms. The van der Waals surface area contributed by atoms with Gasteiger partial charge >= 0.3 is 11.9 Å². The smallest absolute Gasteiger partial charge is 0.342 e. The van der Waals surface area contributed by atoms with E-state index in [-0.39, 0.29) is 40.5 Å². The molecule has 1 fully saturated rings. The van der Waals surface area contributed by atoms with Crippen molar-refractivity contribution in [2.24, 2.45) is 0 Å². The van der Waals surface area contributed by atoms with E-state index in [0.717, 1.165) is 36.6 Å². The molecular formula is C20H21F2N5O4. The van der Waals surface area contributed by atoms with Gasteiger partial charge < -0.3 is 25.3 Å². The van der Waals surface area contributed by atoms with Gasteiger partial charge in [-0.25, -0.2) is 9.78 Å². The number of fused-ring (bicyclic) bond motifs is 1. The van der Waals surface area contributed by atoms with Gasteiger partial charge in [-0.2, -0.15) is 13.8 Å². The summed E-state index contributed by atoms with van der Waals surface area (Å²) in [4.78, 5) is 34.2. The van der Waals surface area contributed by atoms with Crippen LogP contribution in [0, 0.1) is 0 Å². The number of halogens is 2.